The van der Waals surface area contributed by atoms with Crippen LogP contribution in [0.3, 0.4) is 0 Å². The quantitative estimate of drug-likeness (QED) is 0.742. The number of rotatable bonds is 3. The molecule has 0 saturated heterocycles. The van der Waals surface area contributed by atoms with E-state index in [4.69, 9.17) is 11.6 Å². The van der Waals surface area contributed by atoms with Gasteiger partial charge in [-0.2, -0.15) is 0 Å². The highest BCUT2D eigenvalue weighted by Crippen LogP contribution is 2.32. The molecule has 0 N–H and O–H groups in total. The number of halogens is 3. The first-order valence-corrected chi connectivity index (χ1v) is 6.78. The molecule has 1 nitrogen and oxygen atoms in total. The molecule has 1 heterocycles. The van der Waals surface area contributed by atoms with Crippen LogP contribution in [0.1, 0.15) is 15.2 Å². The van der Waals surface area contributed by atoms with Gasteiger partial charge in [-0.05, 0) is 33.6 Å². The molecule has 1 aromatic heterocycles. The summed E-state index contributed by atoms with van der Waals surface area (Å²) >= 11 is 10.3. The molecule has 0 atom stereocenters. The first-order chi connectivity index (χ1) is 8.08. The van der Waals surface area contributed by atoms with Gasteiger partial charge in [-0.25, -0.2) is 4.39 Å². The maximum Gasteiger partial charge on any atom is 0.177 e. The zero-order valence-corrected chi connectivity index (χ0v) is 11.7. The lowest BCUT2D eigenvalue weighted by Gasteiger charge is -2.00. The van der Waals surface area contributed by atoms with Gasteiger partial charge in [-0.15, -0.1) is 11.3 Å². The summed E-state index contributed by atoms with van der Waals surface area (Å²) < 4.78 is 14.6. The maximum absolute atomic E-state index is 13.4. The molecule has 1 aromatic carbocycles. The fraction of sp³-hybridized carbons (Fsp3) is 0.0833. The second-order valence-corrected chi connectivity index (χ2v) is 5.93. The highest BCUT2D eigenvalue weighted by Gasteiger charge is 2.14. The van der Waals surface area contributed by atoms with Gasteiger partial charge in [0.25, 0.3) is 0 Å². The van der Waals surface area contributed by atoms with E-state index in [1.807, 2.05) is 0 Å². The fourth-order valence-electron chi connectivity index (χ4n) is 1.39. The monoisotopic (exact) mass is 332 g/mol. The zero-order chi connectivity index (χ0) is 12.4. The molecule has 2 aromatic rings. The van der Waals surface area contributed by atoms with Gasteiger partial charge in [0.1, 0.15) is 10.2 Å². The summed E-state index contributed by atoms with van der Waals surface area (Å²) in [4.78, 5) is 12.4. The SMILES string of the molecule is O=C(Cc1ccccc1F)c1cc(Br)c(Cl)s1. The molecule has 2 rings (SSSR count). The van der Waals surface area contributed by atoms with Crippen molar-refractivity contribution in [3.63, 3.8) is 0 Å². The molecule has 0 aliphatic heterocycles. The molecular weight excluding hydrogens is 327 g/mol. The van der Waals surface area contributed by atoms with Gasteiger partial charge in [0.15, 0.2) is 5.78 Å². The summed E-state index contributed by atoms with van der Waals surface area (Å²) in [6, 6.07) is 7.93. The Hall–Kier alpha value is -0.710. The van der Waals surface area contributed by atoms with Crippen LogP contribution in [0.25, 0.3) is 0 Å². The van der Waals surface area contributed by atoms with Crippen LogP contribution in [-0.2, 0) is 6.42 Å². The van der Waals surface area contributed by atoms with Gasteiger partial charge in [0, 0.05) is 10.9 Å². The normalized spacial score (nSPS) is 10.5. The molecule has 88 valence electrons. The second kappa shape index (κ2) is 5.29. The Kier molecular flexibility index (Phi) is 3.97. The van der Waals surface area contributed by atoms with E-state index >= 15 is 0 Å². The molecule has 0 radical (unpaired) electrons. The third kappa shape index (κ3) is 2.94. The summed E-state index contributed by atoms with van der Waals surface area (Å²) in [7, 11) is 0. The maximum atomic E-state index is 13.4. The van der Waals surface area contributed by atoms with Crippen molar-refractivity contribution in [3.05, 3.63) is 55.4 Å². The average molecular weight is 334 g/mol. The van der Waals surface area contributed by atoms with E-state index in [9.17, 15) is 9.18 Å². The van der Waals surface area contributed by atoms with Crippen LogP contribution in [0.5, 0.6) is 0 Å². The van der Waals surface area contributed by atoms with Gasteiger partial charge >= 0.3 is 0 Å². The largest absolute Gasteiger partial charge is 0.293 e. The van der Waals surface area contributed by atoms with Gasteiger partial charge < -0.3 is 0 Å². The molecule has 17 heavy (non-hydrogen) atoms. The van der Waals surface area contributed by atoms with Crippen molar-refractivity contribution in [2.75, 3.05) is 0 Å². The molecule has 0 unspecified atom stereocenters. The van der Waals surface area contributed by atoms with E-state index in [1.165, 1.54) is 17.4 Å². The molecule has 0 bridgehead atoms. The van der Waals surface area contributed by atoms with Crippen molar-refractivity contribution in [1.29, 1.82) is 0 Å². The van der Waals surface area contributed by atoms with Crippen LogP contribution in [-0.4, -0.2) is 5.78 Å². The minimum absolute atomic E-state index is 0.0515. The smallest absolute Gasteiger partial charge is 0.177 e. The number of carbonyl (C=O) groups is 1. The first kappa shape index (κ1) is 12.7. The third-order valence-corrected chi connectivity index (χ3v) is 4.74. The number of hydrogen-bond acceptors (Lipinski definition) is 2. The van der Waals surface area contributed by atoms with Crippen LogP contribution in [0, 0.1) is 5.82 Å². The molecule has 0 amide bonds. The lowest BCUT2D eigenvalue weighted by molar-refractivity contribution is 0.0995. The Morgan fingerprint density at radius 1 is 1.41 bits per heavy atom. The summed E-state index contributed by atoms with van der Waals surface area (Å²) in [6.07, 6.45) is 0.0515. The number of thiophene rings is 1. The van der Waals surface area contributed by atoms with Crippen LogP contribution in [0.4, 0.5) is 4.39 Å². The summed E-state index contributed by atoms with van der Waals surface area (Å²) in [5.74, 6) is -0.490. The number of benzene rings is 1. The van der Waals surface area contributed by atoms with Gasteiger partial charge in [-0.1, -0.05) is 29.8 Å². The summed E-state index contributed by atoms with van der Waals surface area (Å²) in [6.45, 7) is 0. The van der Waals surface area contributed by atoms with E-state index in [1.54, 1.807) is 24.3 Å². The van der Waals surface area contributed by atoms with Gasteiger partial charge in [0.05, 0.1) is 4.88 Å². The van der Waals surface area contributed by atoms with Crippen LogP contribution < -0.4 is 0 Å². The van der Waals surface area contributed by atoms with Gasteiger partial charge in [-0.3, -0.25) is 4.79 Å². The molecule has 0 aliphatic carbocycles. The Bertz CT molecular complexity index is 548. The van der Waals surface area contributed by atoms with E-state index in [-0.39, 0.29) is 18.0 Å². The minimum Gasteiger partial charge on any atom is -0.293 e. The molecule has 5 heteroatoms. The first-order valence-electron chi connectivity index (χ1n) is 4.79. The van der Waals surface area contributed by atoms with Crippen molar-refractivity contribution in [2.45, 2.75) is 6.42 Å². The van der Waals surface area contributed by atoms with Crippen molar-refractivity contribution in [1.82, 2.24) is 0 Å². The van der Waals surface area contributed by atoms with E-state index in [0.29, 0.717) is 19.2 Å². The topological polar surface area (TPSA) is 17.1 Å². The third-order valence-electron chi connectivity index (χ3n) is 2.23. The van der Waals surface area contributed by atoms with Crippen molar-refractivity contribution >= 4 is 44.7 Å². The number of carbonyl (C=O) groups excluding carboxylic acids is 1. The Balaban J connectivity index is 2.20. The minimum atomic E-state index is -0.359. The molecule has 0 fully saturated rings. The average Bonchev–Trinajstić information content (AvgIpc) is 2.63. The highest BCUT2D eigenvalue weighted by atomic mass is 79.9. The number of hydrogen-bond donors (Lipinski definition) is 0. The summed E-state index contributed by atoms with van der Waals surface area (Å²) in [5, 5.41) is 0. The fourth-order valence-corrected chi connectivity index (χ4v) is 3.03. The Labute approximate surface area is 115 Å². The Morgan fingerprint density at radius 2 is 2.12 bits per heavy atom. The van der Waals surface area contributed by atoms with Crippen molar-refractivity contribution in [3.8, 4) is 0 Å². The van der Waals surface area contributed by atoms with E-state index in [0.717, 1.165) is 0 Å². The van der Waals surface area contributed by atoms with Crippen LogP contribution in [0.15, 0.2) is 34.8 Å². The van der Waals surface area contributed by atoms with Crippen molar-refractivity contribution < 1.29 is 9.18 Å². The zero-order valence-electron chi connectivity index (χ0n) is 8.54. The molecule has 0 saturated carbocycles. The molecular formula is C12H7BrClFOS. The van der Waals surface area contributed by atoms with Gasteiger partial charge in [0.2, 0.25) is 0 Å². The molecule has 0 aliphatic rings. The Morgan fingerprint density at radius 3 is 2.71 bits per heavy atom. The lowest BCUT2D eigenvalue weighted by atomic mass is 10.1. The van der Waals surface area contributed by atoms with E-state index in [2.05, 4.69) is 15.9 Å². The molecule has 0 spiro atoms. The lowest BCUT2D eigenvalue weighted by Crippen LogP contribution is -2.02. The highest BCUT2D eigenvalue weighted by molar-refractivity contribution is 9.10. The predicted octanol–water partition coefficient (Wildman–Crippen LogP) is 4.73. The van der Waals surface area contributed by atoms with Crippen molar-refractivity contribution in [2.24, 2.45) is 0 Å². The second-order valence-electron chi connectivity index (χ2n) is 3.42. The van der Waals surface area contributed by atoms with Crippen LogP contribution in [0.2, 0.25) is 4.34 Å². The van der Waals surface area contributed by atoms with E-state index < -0.39 is 0 Å². The number of Topliss-reactive ketones (excluding diaryl/α,β-unsaturated/α-hetero) is 1. The summed E-state index contributed by atoms with van der Waals surface area (Å²) in [5.41, 5.74) is 0.401. The number of ketones is 1. The predicted molar refractivity (Wildman–Crippen MR) is 71.5 cm³/mol. The standard InChI is InChI=1S/C12H7BrClFOS/c13-8-6-11(17-12(8)14)10(16)5-7-3-1-2-4-9(7)15/h1-4,6H,5H2. The van der Waals surface area contributed by atoms with Crippen LogP contribution >= 0.6 is 38.9 Å².